The van der Waals surface area contributed by atoms with Crippen molar-refractivity contribution in [3.05, 3.63) is 24.4 Å². The average Bonchev–Trinajstić information content (AvgIpc) is 2.21. The van der Waals surface area contributed by atoms with Crippen LogP contribution in [0.3, 0.4) is 0 Å². The summed E-state index contributed by atoms with van der Waals surface area (Å²) >= 11 is 0. The number of hydroxylamine groups is 1. The minimum absolute atomic E-state index is 0.149. The van der Waals surface area contributed by atoms with Crippen LogP contribution in [0.5, 0.6) is 0 Å². The second-order valence-corrected chi connectivity index (χ2v) is 4.05. The quantitative estimate of drug-likeness (QED) is 0.716. The van der Waals surface area contributed by atoms with Gasteiger partial charge in [-0.05, 0) is 13.0 Å². The second kappa shape index (κ2) is 4.35. The standard InChI is InChI=1S/C11H17NO3/c1-4-9-5-7(2)10-6-8(3)13-11(14-10)15-12-9/h4-5,7-8,10-12H,1,6H2,2-3H3/b9-5-. The highest BCUT2D eigenvalue weighted by atomic mass is 16.9. The highest BCUT2D eigenvalue weighted by molar-refractivity contribution is 5.14. The van der Waals surface area contributed by atoms with Crippen molar-refractivity contribution in [1.82, 2.24) is 5.48 Å². The molecule has 2 bridgehead atoms. The largest absolute Gasteiger partial charge is 0.325 e. The molecule has 2 aliphatic rings. The summed E-state index contributed by atoms with van der Waals surface area (Å²) in [5.74, 6) is 0.322. The molecule has 0 aromatic carbocycles. The summed E-state index contributed by atoms with van der Waals surface area (Å²) in [6, 6.07) is 0. The van der Waals surface area contributed by atoms with E-state index in [-0.39, 0.29) is 12.2 Å². The molecule has 4 unspecified atom stereocenters. The zero-order valence-corrected chi connectivity index (χ0v) is 9.10. The lowest BCUT2D eigenvalue weighted by Gasteiger charge is -2.37. The summed E-state index contributed by atoms with van der Waals surface area (Å²) in [6.45, 7) is 7.23. The first-order chi connectivity index (χ1) is 7.19. The molecule has 4 atom stereocenters. The van der Waals surface area contributed by atoms with Crippen molar-refractivity contribution in [2.45, 2.75) is 39.0 Å². The molecule has 0 amide bonds. The Morgan fingerprint density at radius 1 is 1.47 bits per heavy atom. The van der Waals surface area contributed by atoms with E-state index in [1.165, 1.54) is 0 Å². The molecule has 0 aromatic rings. The molecule has 1 fully saturated rings. The average molecular weight is 211 g/mol. The first kappa shape index (κ1) is 10.7. The SMILES string of the molecule is C=C/C1=C/C(C)C2CC(C)OC(ON1)O2. The van der Waals surface area contributed by atoms with Gasteiger partial charge in [0.1, 0.15) is 0 Å². The number of allylic oxidation sites excluding steroid dienone is 1. The van der Waals surface area contributed by atoms with E-state index in [2.05, 4.69) is 25.1 Å². The number of rotatable bonds is 1. The molecule has 0 radical (unpaired) electrons. The van der Waals surface area contributed by atoms with Crippen molar-refractivity contribution in [3.63, 3.8) is 0 Å². The Bertz CT molecular complexity index is 277. The fraction of sp³-hybridized carbons (Fsp3) is 0.636. The van der Waals surface area contributed by atoms with Crippen molar-refractivity contribution in [2.75, 3.05) is 0 Å². The van der Waals surface area contributed by atoms with Crippen LogP contribution in [0.1, 0.15) is 20.3 Å². The Kier molecular flexibility index (Phi) is 3.09. The normalized spacial score (nSPS) is 44.3. The molecule has 0 aromatic heterocycles. The highest BCUT2D eigenvalue weighted by Gasteiger charge is 2.32. The van der Waals surface area contributed by atoms with Crippen LogP contribution in [0.15, 0.2) is 24.4 Å². The monoisotopic (exact) mass is 211 g/mol. The van der Waals surface area contributed by atoms with Crippen molar-refractivity contribution in [2.24, 2.45) is 5.92 Å². The van der Waals surface area contributed by atoms with Gasteiger partial charge in [-0.15, -0.1) is 0 Å². The zero-order chi connectivity index (χ0) is 10.8. The van der Waals surface area contributed by atoms with Gasteiger partial charge in [-0.3, -0.25) is 5.48 Å². The first-order valence-corrected chi connectivity index (χ1v) is 5.26. The maximum Gasteiger partial charge on any atom is 0.294 e. The molecule has 1 N–H and O–H groups in total. The minimum Gasteiger partial charge on any atom is -0.325 e. The molecule has 15 heavy (non-hydrogen) atoms. The number of hydrogen-bond donors (Lipinski definition) is 1. The maximum absolute atomic E-state index is 5.62. The van der Waals surface area contributed by atoms with Crippen LogP contribution in [-0.2, 0) is 14.3 Å². The van der Waals surface area contributed by atoms with Crippen molar-refractivity contribution in [3.8, 4) is 0 Å². The maximum atomic E-state index is 5.62. The van der Waals surface area contributed by atoms with Gasteiger partial charge in [0.2, 0.25) is 0 Å². The first-order valence-electron chi connectivity index (χ1n) is 5.26. The molecule has 0 saturated carbocycles. The summed E-state index contributed by atoms with van der Waals surface area (Å²) in [4.78, 5) is 5.24. The molecule has 0 spiro atoms. The number of hydrogen-bond acceptors (Lipinski definition) is 4. The summed E-state index contributed by atoms with van der Waals surface area (Å²) < 4.78 is 11.1. The van der Waals surface area contributed by atoms with E-state index in [0.29, 0.717) is 5.92 Å². The summed E-state index contributed by atoms with van der Waals surface area (Å²) in [5, 5.41) is 0. The fourth-order valence-electron chi connectivity index (χ4n) is 1.85. The van der Waals surface area contributed by atoms with Crippen LogP contribution >= 0.6 is 0 Å². The predicted molar refractivity (Wildman–Crippen MR) is 55.5 cm³/mol. The van der Waals surface area contributed by atoms with Gasteiger partial charge in [-0.1, -0.05) is 19.6 Å². The van der Waals surface area contributed by atoms with Crippen molar-refractivity contribution in [1.29, 1.82) is 0 Å². The van der Waals surface area contributed by atoms with Gasteiger partial charge in [-0.2, -0.15) is 0 Å². The lowest BCUT2D eigenvalue weighted by Crippen LogP contribution is -2.44. The third-order valence-corrected chi connectivity index (χ3v) is 2.72. The van der Waals surface area contributed by atoms with Crippen LogP contribution < -0.4 is 5.48 Å². The van der Waals surface area contributed by atoms with Gasteiger partial charge < -0.3 is 9.47 Å². The van der Waals surface area contributed by atoms with Crippen LogP contribution in [0.2, 0.25) is 0 Å². The van der Waals surface area contributed by atoms with Gasteiger partial charge in [0.15, 0.2) is 0 Å². The zero-order valence-electron chi connectivity index (χ0n) is 9.10. The fourth-order valence-corrected chi connectivity index (χ4v) is 1.85. The Hall–Kier alpha value is -0.840. The Morgan fingerprint density at radius 2 is 2.27 bits per heavy atom. The van der Waals surface area contributed by atoms with Crippen LogP contribution in [-0.4, -0.2) is 18.7 Å². The molecule has 84 valence electrons. The smallest absolute Gasteiger partial charge is 0.294 e. The Balaban J connectivity index is 2.16. The Morgan fingerprint density at radius 3 is 3.00 bits per heavy atom. The third kappa shape index (κ3) is 2.40. The molecular formula is C11H17NO3. The van der Waals surface area contributed by atoms with Gasteiger partial charge in [-0.25, -0.2) is 4.84 Å². The van der Waals surface area contributed by atoms with Crippen LogP contribution in [0.25, 0.3) is 0 Å². The van der Waals surface area contributed by atoms with E-state index in [1.807, 2.05) is 6.92 Å². The molecule has 4 nitrogen and oxygen atoms in total. The lowest BCUT2D eigenvalue weighted by atomic mass is 9.97. The van der Waals surface area contributed by atoms with E-state index < -0.39 is 6.48 Å². The molecule has 2 aliphatic heterocycles. The molecule has 2 rings (SSSR count). The van der Waals surface area contributed by atoms with E-state index in [4.69, 9.17) is 14.3 Å². The predicted octanol–water partition coefficient (Wildman–Crippen LogP) is 1.70. The third-order valence-electron chi connectivity index (χ3n) is 2.72. The molecule has 4 heteroatoms. The number of nitrogens with one attached hydrogen (secondary N) is 1. The van der Waals surface area contributed by atoms with Gasteiger partial charge in [0.25, 0.3) is 6.48 Å². The van der Waals surface area contributed by atoms with Crippen LogP contribution in [0, 0.1) is 5.92 Å². The summed E-state index contributed by atoms with van der Waals surface area (Å²) in [7, 11) is 0. The molecule has 1 saturated heterocycles. The highest BCUT2D eigenvalue weighted by Crippen LogP contribution is 2.26. The Labute approximate surface area is 89.8 Å². The number of ether oxygens (including phenoxy) is 2. The topological polar surface area (TPSA) is 39.7 Å². The molecule has 2 heterocycles. The lowest BCUT2D eigenvalue weighted by molar-refractivity contribution is -0.367. The van der Waals surface area contributed by atoms with E-state index in [0.717, 1.165) is 12.1 Å². The van der Waals surface area contributed by atoms with E-state index in [1.54, 1.807) is 6.08 Å². The second-order valence-electron chi connectivity index (χ2n) is 4.05. The van der Waals surface area contributed by atoms with Gasteiger partial charge in [0, 0.05) is 12.3 Å². The van der Waals surface area contributed by atoms with Gasteiger partial charge >= 0.3 is 0 Å². The minimum atomic E-state index is -0.621. The van der Waals surface area contributed by atoms with Gasteiger partial charge in [0.05, 0.1) is 17.9 Å². The van der Waals surface area contributed by atoms with E-state index >= 15 is 0 Å². The van der Waals surface area contributed by atoms with Crippen molar-refractivity contribution < 1.29 is 14.3 Å². The van der Waals surface area contributed by atoms with E-state index in [9.17, 15) is 0 Å². The summed E-state index contributed by atoms with van der Waals surface area (Å²) in [5.41, 5.74) is 3.63. The molecular weight excluding hydrogens is 194 g/mol. The molecule has 0 aliphatic carbocycles. The number of fused-ring (bicyclic) bond motifs is 2. The van der Waals surface area contributed by atoms with Crippen molar-refractivity contribution >= 4 is 0 Å². The summed E-state index contributed by atoms with van der Waals surface area (Å²) in [6.07, 6.45) is 4.99. The van der Waals surface area contributed by atoms with Crippen LogP contribution in [0.4, 0.5) is 0 Å².